The summed E-state index contributed by atoms with van der Waals surface area (Å²) in [4.78, 5) is 40.7. The van der Waals surface area contributed by atoms with Gasteiger partial charge >= 0.3 is 5.69 Å². The Morgan fingerprint density at radius 1 is 1.03 bits per heavy atom. The molecule has 1 aromatic heterocycles. The van der Waals surface area contributed by atoms with Gasteiger partial charge in [-0.05, 0) is 36.6 Å². The maximum absolute atomic E-state index is 13.1. The average Bonchev–Trinajstić information content (AvgIpc) is 3.18. The molecule has 1 aliphatic rings. The van der Waals surface area contributed by atoms with Gasteiger partial charge in [0.2, 0.25) is 5.91 Å². The van der Waals surface area contributed by atoms with Gasteiger partial charge in [0.05, 0.1) is 10.9 Å². The Bertz CT molecular complexity index is 1180. The second-order valence-electron chi connectivity index (χ2n) is 7.11. The number of ether oxygens (including phenoxy) is 1. The molecular formula is C22H23N3O4. The van der Waals surface area contributed by atoms with E-state index in [0.29, 0.717) is 30.5 Å². The van der Waals surface area contributed by atoms with Crippen molar-refractivity contribution in [3.8, 4) is 0 Å². The summed E-state index contributed by atoms with van der Waals surface area (Å²) in [6, 6.07) is 14.7. The first kappa shape index (κ1) is 19.1. The molecule has 150 valence electrons. The maximum Gasteiger partial charge on any atom is 0.331 e. The Morgan fingerprint density at radius 2 is 1.79 bits per heavy atom. The van der Waals surface area contributed by atoms with Crippen molar-refractivity contribution < 1.29 is 9.53 Å². The van der Waals surface area contributed by atoms with Crippen molar-refractivity contribution in [2.45, 2.75) is 25.9 Å². The van der Waals surface area contributed by atoms with Crippen LogP contribution in [0, 0.1) is 0 Å². The van der Waals surface area contributed by atoms with Crippen LogP contribution in [0.15, 0.2) is 58.1 Å². The van der Waals surface area contributed by atoms with Gasteiger partial charge in [-0.1, -0.05) is 30.3 Å². The minimum Gasteiger partial charge on any atom is -0.385 e. The zero-order valence-corrected chi connectivity index (χ0v) is 16.3. The minimum absolute atomic E-state index is 0.113. The van der Waals surface area contributed by atoms with Crippen LogP contribution >= 0.6 is 0 Å². The summed E-state index contributed by atoms with van der Waals surface area (Å²) in [5.41, 5.74) is 1.69. The van der Waals surface area contributed by atoms with Crippen LogP contribution in [0.25, 0.3) is 10.9 Å². The van der Waals surface area contributed by atoms with Crippen LogP contribution < -0.4 is 16.1 Å². The van der Waals surface area contributed by atoms with E-state index in [9.17, 15) is 14.4 Å². The van der Waals surface area contributed by atoms with E-state index < -0.39 is 5.69 Å². The third-order valence-electron chi connectivity index (χ3n) is 5.34. The predicted octanol–water partition coefficient (Wildman–Crippen LogP) is 1.79. The van der Waals surface area contributed by atoms with Crippen molar-refractivity contribution in [3.05, 3.63) is 74.9 Å². The lowest BCUT2D eigenvalue weighted by Crippen LogP contribution is -2.43. The van der Waals surface area contributed by atoms with Crippen molar-refractivity contribution in [2.24, 2.45) is 0 Å². The third-order valence-corrected chi connectivity index (χ3v) is 5.34. The third kappa shape index (κ3) is 3.49. The monoisotopic (exact) mass is 393 g/mol. The lowest BCUT2D eigenvalue weighted by molar-refractivity contribution is -0.119. The Balaban J connectivity index is 1.74. The number of carbonyl (C=O) groups is 1. The molecule has 0 saturated heterocycles. The lowest BCUT2D eigenvalue weighted by Gasteiger charge is -2.19. The van der Waals surface area contributed by atoms with Crippen molar-refractivity contribution >= 4 is 22.5 Å². The highest BCUT2D eigenvalue weighted by Crippen LogP contribution is 2.27. The Kier molecular flexibility index (Phi) is 5.31. The number of anilines is 1. The largest absolute Gasteiger partial charge is 0.385 e. The molecule has 0 fully saturated rings. The zero-order chi connectivity index (χ0) is 20.4. The minimum atomic E-state index is -0.467. The van der Waals surface area contributed by atoms with Crippen LogP contribution in [0.4, 0.5) is 5.69 Å². The second kappa shape index (κ2) is 8.05. The molecule has 0 atom stereocenters. The molecule has 0 bridgehead atoms. The number of methoxy groups -OCH3 is 1. The van der Waals surface area contributed by atoms with E-state index >= 15 is 0 Å². The van der Waals surface area contributed by atoms with Crippen LogP contribution in [-0.2, 0) is 29.0 Å². The number of carbonyl (C=O) groups excluding carboxylic acids is 1. The molecule has 7 heteroatoms. The Hall–Kier alpha value is -3.19. The van der Waals surface area contributed by atoms with Crippen LogP contribution in [0.1, 0.15) is 12.0 Å². The number of amides is 1. The molecule has 2 aromatic carbocycles. The number of nitrogens with zero attached hydrogens (tertiary/aromatic N) is 3. The van der Waals surface area contributed by atoms with Gasteiger partial charge in [-0.25, -0.2) is 4.79 Å². The summed E-state index contributed by atoms with van der Waals surface area (Å²) in [7, 11) is 1.58. The quantitative estimate of drug-likeness (QED) is 0.599. The van der Waals surface area contributed by atoms with E-state index in [1.165, 1.54) is 9.13 Å². The molecule has 3 aromatic rings. The first-order valence-electron chi connectivity index (χ1n) is 9.71. The fourth-order valence-electron chi connectivity index (χ4n) is 3.91. The zero-order valence-electron chi connectivity index (χ0n) is 16.3. The topological polar surface area (TPSA) is 73.5 Å². The maximum atomic E-state index is 13.1. The van der Waals surface area contributed by atoms with Gasteiger partial charge in [0.1, 0.15) is 6.54 Å². The molecule has 29 heavy (non-hydrogen) atoms. The van der Waals surface area contributed by atoms with E-state index in [1.807, 2.05) is 24.3 Å². The highest BCUT2D eigenvalue weighted by atomic mass is 16.5. The van der Waals surface area contributed by atoms with Crippen LogP contribution in [0.5, 0.6) is 0 Å². The summed E-state index contributed by atoms with van der Waals surface area (Å²) in [6.07, 6.45) is 1.34. The lowest BCUT2D eigenvalue weighted by atomic mass is 10.2. The van der Waals surface area contributed by atoms with E-state index in [-0.39, 0.29) is 24.6 Å². The SMILES string of the molecule is COCCCn1c(=O)c2ccccc2n(CC(=O)N2CCc3ccccc32)c1=O. The van der Waals surface area contributed by atoms with E-state index in [1.54, 1.807) is 36.3 Å². The molecule has 0 unspecified atom stereocenters. The molecule has 0 N–H and O–H groups in total. The average molecular weight is 393 g/mol. The summed E-state index contributed by atoms with van der Waals surface area (Å²) < 4.78 is 7.65. The standard InChI is InChI=1S/C22H23N3O4/c1-29-14-6-12-24-21(27)17-8-3-5-10-19(17)25(22(24)28)15-20(26)23-13-11-16-7-2-4-9-18(16)23/h2-5,7-10H,6,11-15H2,1H3. The highest BCUT2D eigenvalue weighted by Gasteiger charge is 2.25. The Labute approximate surface area is 167 Å². The molecule has 2 heterocycles. The van der Waals surface area contributed by atoms with Gasteiger partial charge in [-0.15, -0.1) is 0 Å². The van der Waals surface area contributed by atoms with Crippen molar-refractivity contribution in [1.29, 1.82) is 0 Å². The molecule has 0 saturated carbocycles. The van der Waals surface area contributed by atoms with Crippen molar-refractivity contribution in [1.82, 2.24) is 9.13 Å². The summed E-state index contributed by atoms with van der Waals surface area (Å²) in [5.74, 6) is -0.163. The van der Waals surface area contributed by atoms with Gasteiger partial charge in [0.15, 0.2) is 0 Å². The number of benzene rings is 2. The normalized spacial score (nSPS) is 13.1. The van der Waals surface area contributed by atoms with Crippen molar-refractivity contribution in [3.63, 3.8) is 0 Å². The predicted molar refractivity (Wildman–Crippen MR) is 111 cm³/mol. The molecule has 0 spiro atoms. The first-order valence-corrected chi connectivity index (χ1v) is 9.71. The van der Waals surface area contributed by atoms with Crippen LogP contribution in [0.3, 0.4) is 0 Å². The van der Waals surface area contributed by atoms with Crippen molar-refractivity contribution in [2.75, 3.05) is 25.2 Å². The number of aromatic nitrogens is 2. The molecule has 1 aliphatic heterocycles. The summed E-state index contributed by atoms with van der Waals surface area (Å²) >= 11 is 0. The smallest absolute Gasteiger partial charge is 0.331 e. The van der Waals surface area contributed by atoms with Gasteiger partial charge in [0.25, 0.3) is 5.56 Å². The van der Waals surface area contributed by atoms with Gasteiger partial charge < -0.3 is 9.64 Å². The molecule has 7 nitrogen and oxygen atoms in total. The number of fused-ring (bicyclic) bond motifs is 2. The molecular weight excluding hydrogens is 370 g/mol. The van der Waals surface area contributed by atoms with E-state index in [4.69, 9.17) is 4.74 Å². The molecule has 4 rings (SSSR count). The number of hydrogen-bond acceptors (Lipinski definition) is 4. The first-order chi connectivity index (χ1) is 14.1. The molecule has 0 aliphatic carbocycles. The summed E-state index contributed by atoms with van der Waals surface area (Å²) in [5, 5.41) is 0.430. The highest BCUT2D eigenvalue weighted by molar-refractivity contribution is 5.96. The van der Waals surface area contributed by atoms with Gasteiger partial charge in [0, 0.05) is 32.5 Å². The van der Waals surface area contributed by atoms with Gasteiger partial charge in [-0.2, -0.15) is 0 Å². The van der Waals surface area contributed by atoms with E-state index in [0.717, 1.165) is 17.7 Å². The summed E-state index contributed by atoms with van der Waals surface area (Å²) in [6.45, 7) is 1.18. The molecule has 0 radical (unpaired) electrons. The number of hydrogen-bond donors (Lipinski definition) is 0. The molecule has 1 amide bonds. The van der Waals surface area contributed by atoms with Gasteiger partial charge in [-0.3, -0.25) is 18.7 Å². The number of rotatable bonds is 6. The number of para-hydroxylation sites is 2. The van der Waals surface area contributed by atoms with E-state index in [2.05, 4.69) is 0 Å². The van der Waals surface area contributed by atoms with Crippen LogP contribution in [0.2, 0.25) is 0 Å². The van der Waals surface area contributed by atoms with Crippen LogP contribution in [-0.4, -0.2) is 35.3 Å². The fraction of sp³-hybridized carbons (Fsp3) is 0.318. The Morgan fingerprint density at radius 3 is 2.62 bits per heavy atom. The second-order valence-corrected chi connectivity index (χ2v) is 7.11. The fourth-order valence-corrected chi connectivity index (χ4v) is 3.91.